The van der Waals surface area contributed by atoms with Crippen LogP contribution in [0.2, 0.25) is 0 Å². The van der Waals surface area contributed by atoms with Gasteiger partial charge in [0.1, 0.15) is 0 Å². The molecule has 1 heterocycles. The molecule has 1 aromatic heterocycles. The highest BCUT2D eigenvalue weighted by Gasteiger charge is 2.28. The maximum Gasteiger partial charge on any atom is 0.357 e. The molecule has 0 radical (unpaired) electrons. The molecular formula is C12H15NO3. The molecular weight excluding hydrogens is 206 g/mol. The van der Waals surface area contributed by atoms with Crippen LogP contribution in [0, 0.1) is 0 Å². The molecule has 0 amide bonds. The van der Waals surface area contributed by atoms with E-state index in [2.05, 4.69) is 4.98 Å². The third-order valence-electron chi connectivity index (χ3n) is 2.58. The van der Waals surface area contributed by atoms with Crippen LogP contribution in [0.25, 0.3) is 0 Å². The molecule has 0 unspecified atom stereocenters. The molecule has 0 saturated heterocycles. The second-order valence-corrected chi connectivity index (χ2v) is 3.79. The minimum Gasteiger partial charge on any atom is -0.481 e. The molecule has 4 heteroatoms. The van der Waals surface area contributed by atoms with Crippen molar-refractivity contribution in [3.05, 3.63) is 23.4 Å². The number of carbonyl (C=O) groups is 1. The number of aromatic nitrogens is 1. The number of esters is 1. The van der Waals surface area contributed by atoms with Crippen LogP contribution in [0.15, 0.2) is 12.1 Å². The number of nitrogens with zero attached hydrogens (tertiary/aromatic N) is 1. The van der Waals surface area contributed by atoms with Crippen LogP contribution in [0.4, 0.5) is 0 Å². The lowest BCUT2D eigenvalue weighted by molar-refractivity contribution is 0.0518. The summed E-state index contributed by atoms with van der Waals surface area (Å²) in [7, 11) is 1.57. The Morgan fingerprint density at radius 2 is 2.25 bits per heavy atom. The standard InChI is InChI=1S/C12H15NO3/c1-3-16-12(14)10-7-6-9(8-4-5-8)11(13-10)15-2/h6-8H,3-5H2,1-2H3. The van der Waals surface area contributed by atoms with E-state index in [1.807, 2.05) is 6.07 Å². The van der Waals surface area contributed by atoms with Crippen LogP contribution < -0.4 is 4.74 Å². The predicted octanol–water partition coefficient (Wildman–Crippen LogP) is 2.14. The molecule has 1 fully saturated rings. The van der Waals surface area contributed by atoms with Crippen molar-refractivity contribution in [3.8, 4) is 5.88 Å². The molecule has 16 heavy (non-hydrogen) atoms. The molecule has 0 bridgehead atoms. The minimum absolute atomic E-state index is 0.308. The van der Waals surface area contributed by atoms with Gasteiger partial charge in [0.15, 0.2) is 5.69 Å². The van der Waals surface area contributed by atoms with Crippen LogP contribution >= 0.6 is 0 Å². The van der Waals surface area contributed by atoms with Gasteiger partial charge in [-0.25, -0.2) is 9.78 Å². The first kappa shape index (κ1) is 10.9. The molecule has 86 valence electrons. The average molecular weight is 221 g/mol. The summed E-state index contributed by atoms with van der Waals surface area (Å²) >= 11 is 0. The first-order chi connectivity index (χ1) is 7.76. The van der Waals surface area contributed by atoms with Crippen molar-refractivity contribution < 1.29 is 14.3 Å². The van der Waals surface area contributed by atoms with Crippen LogP contribution in [0.1, 0.15) is 41.7 Å². The van der Waals surface area contributed by atoms with E-state index in [0.717, 1.165) is 5.56 Å². The van der Waals surface area contributed by atoms with Crippen molar-refractivity contribution in [2.45, 2.75) is 25.7 Å². The summed E-state index contributed by atoms with van der Waals surface area (Å²) in [6.07, 6.45) is 2.35. The third kappa shape index (κ3) is 2.15. The van der Waals surface area contributed by atoms with Gasteiger partial charge in [0, 0.05) is 5.56 Å². The zero-order valence-electron chi connectivity index (χ0n) is 9.53. The normalized spacial score (nSPS) is 14.6. The second kappa shape index (κ2) is 4.51. The first-order valence-electron chi connectivity index (χ1n) is 5.48. The smallest absolute Gasteiger partial charge is 0.357 e. The molecule has 0 aromatic carbocycles. The molecule has 1 saturated carbocycles. The van der Waals surface area contributed by atoms with Gasteiger partial charge in [-0.1, -0.05) is 6.07 Å². The Morgan fingerprint density at radius 1 is 1.50 bits per heavy atom. The zero-order chi connectivity index (χ0) is 11.5. The average Bonchev–Trinajstić information content (AvgIpc) is 3.12. The van der Waals surface area contributed by atoms with Crippen LogP contribution in [0.3, 0.4) is 0 Å². The van der Waals surface area contributed by atoms with E-state index in [-0.39, 0.29) is 0 Å². The highest BCUT2D eigenvalue weighted by atomic mass is 16.5. The molecule has 0 spiro atoms. The zero-order valence-corrected chi connectivity index (χ0v) is 9.53. The number of hydrogen-bond acceptors (Lipinski definition) is 4. The van der Waals surface area contributed by atoms with E-state index in [9.17, 15) is 4.79 Å². The van der Waals surface area contributed by atoms with Crippen molar-refractivity contribution >= 4 is 5.97 Å². The van der Waals surface area contributed by atoms with Crippen LogP contribution in [0.5, 0.6) is 5.88 Å². The Balaban J connectivity index is 2.25. The fourth-order valence-corrected chi connectivity index (χ4v) is 1.64. The maximum atomic E-state index is 11.5. The lowest BCUT2D eigenvalue weighted by Gasteiger charge is -2.08. The van der Waals surface area contributed by atoms with Crippen molar-refractivity contribution in [2.24, 2.45) is 0 Å². The molecule has 0 aliphatic heterocycles. The van der Waals surface area contributed by atoms with E-state index < -0.39 is 5.97 Å². The van der Waals surface area contributed by atoms with Gasteiger partial charge < -0.3 is 9.47 Å². The van der Waals surface area contributed by atoms with Crippen molar-refractivity contribution in [2.75, 3.05) is 13.7 Å². The first-order valence-corrected chi connectivity index (χ1v) is 5.48. The molecule has 2 rings (SSSR count). The Kier molecular flexibility index (Phi) is 3.08. The summed E-state index contributed by atoms with van der Waals surface area (Å²) in [4.78, 5) is 15.6. The number of rotatable bonds is 4. The Labute approximate surface area is 94.6 Å². The minimum atomic E-state index is -0.400. The largest absolute Gasteiger partial charge is 0.481 e. The fraction of sp³-hybridized carbons (Fsp3) is 0.500. The summed E-state index contributed by atoms with van der Waals surface area (Å²) in [6, 6.07) is 3.62. The highest BCUT2D eigenvalue weighted by molar-refractivity contribution is 5.87. The molecule has 4 nitrogen and oxygen atoms in total. The Morgan fingerprint density at radius 3 is 2.81 bits per heavy atom. The SMILES string of the molecule is CCOC(=O)c1ccc(C2CC2)c(OC)n1. The number of methoxy groups -OCH3 is 1. The molecule has 0 N–H and O–H groups in total. The van der Waals surface area contributed by atoms with E-state index in [1.54, 1.807) is 20.1 Å². The maximum absolute atomic E-state index is 11.5. The molecule has 1 aromatic rings. The van der Waals surface area contributed by atoms with Crippen molar-refractivity contribution in [3.63, 3.8) is 0 Å². The molecule has 0 atom stereocenters. The van der Waals surface area contributed by atoms with E-state index >= 15 is 0 Å². The van der Waals surface area contributed by atoms with Gasteiger partial charge in [0.25, 0.3) is 0 Å². The highest BCUT2D eigenvalue weighted by Crippen LogP contribution is 2.43. The van der Waals surface area contributed by atoms with Crippen molar-refractivity contribution in [1.29, 1.82) is 0 Å². The van der Waals surface area contributed by atoms with E-state index in [1.165, 1.54) is 12.8 Å². The fourth-order valence-electron chi connectivity index (χ4n) is 1.64. The quantitative estimate of drug-likeness (QED) is 0.731. The van der Waals surface area contributed by atoms with Gasteiger partial charge in [0.2, 0.25) is 5.88 Å². The Hall–Kier alpha value is -1.58. The van der Waals surface area contributed by atoms with E-state index in [4.69, 9.17) is 9.47 Å². The lowest BCUT2D eigenvalue weighted by Crippen LogP contribution is -2.08. The summed E-state index contributed by atoms with van der Waals surface area (Å²) in [5.74, 6) is 0.704. The summed E-state index contributed by atoms with van der Waals surface area (Å²) in [5.41, 5.74) is 1.40. The monoisotopic (exact) mass is 221 g/mol. The predicted molar refractivity (Wildman–Crippen MR) is 58.7 cm³/mol. The van der Waals surface area contributed by atoms with Crippen LogP contribution in [-0.4, -0.2) is 24.7 Å². The van der Waals surface area contributed by atoms with Gasteiger partial charge >= 0.3 is 5.97 Å². The van der Waals surface area contributed by atoms with Gasteiger partial charge in [-0.05, 0) is 31.7 Å². The van der Waals surface area contributed by atoms with Crippen LogP contribution in [-0.2, 0) is 4.74 Å². The van der Waals surface area contributed by atoms with Gasteiger partial charge in [-0.15, -0.1) is 0 Å². The van der Waals surface area contributed by atoms with Gasteiger partial charge in [-0.2, -0.15) is 0 Å². The second-order valence-electron chi connectivity index (χ2n) is 3.79. The molecule has 1 aliphatic carbocycles. The summed E-state index contributed by atoms with van der Waals surface area (Å²) in [5, 5.41) is 0. The van der Waals surface area contributed by atoms with Crippen molar-refractivity contribution in [1.82, 2.24) is 4.98 Å². The lowest BCUT2D eigenvalue weighted by atomic mass is 10.1. The number of hydrogen-bond donors (Lipinski definition) is 0. The van der Waals surface area contributed by atoms with Gasteiger partial charge in [-0.3, -0.25) is 0 Å². The van der Waals surface area contributed by atoms with E-state index in [0.29, 0.717) is 24.1 Å². The summed E-state index contributed by atoms with van der Waals surface area (Å²) in [6.45, 7) is 2.13. The third-order valence-corrected chi connectivity index (χ3v) is 2.58. The number of ether oxygens (including phenoxy) is 2. The number of carbonyl (C=O) groups excluding carboxylic acids is 1. The van der Waals surface area contributed by atoms with Gasteiger partial charge in [0.05, 0.1) is 13.7 Å². The topological polar surface area (TPSA) is 48.4 Å². The number of pyridine rings is 1. The summed E-state index contributed by atoms with van der Waals surface area (Å²) < 4.78 is 10.1. The molecule has 1 aliphatic rings. The Bertz CT molecular complexity index is 399.